The largest absolute Gasteiger partial charge is 0.371 e. The molecule has 1 heterocycles. The van der Waals surface area contributed by atoms with E-state index in [1.54, 1.807) is 19.4 Å². The lowest BCUT2D eigenvalue weighted by atomic mass is 10.4. The highest BCUT2D eigenvalue weighted by molar-refractivity contribution is 5.80. The van der Waals surface area contributed by atoms with Crippen molar-refractivity contribution in [2.75, 3.05) is 12.4 Å². The lowest BCUT2D eigenvalue weighted by molar-refractivity contribution is 1.17. The van der Waals surface area contributed by atoms with Gasteiger partial charge in [0.2, 0.25) is 0 Å². The first-order valence-electron chi connectivity index (χ1n) is 2.87. The highest BCUT2D eigenvalue weighted by Gasteiger charge is 1.96. The molecular weight excluding hydrogens is 128 g/mol. The third kappa shape index (κ3) is 1.10. The van der Waals surface area contributed by atoms with E-state index in [9.17, 15) is 0 Å². The van der Waals surface area contributed by atoms with Crippen molar-refractivity contribution in [2.24, 2.45) is 0 Å². The Balaban J connectivity index is 3.08. The molecule has 2 N–H and O–H groups in total. The number of rotatable bonds is 2. The van der Waals surface area contributed by atoms with E-state index in [0.29, 0.717) is 11.5 Å². The molecule has 0 saturated heterocycles. The van der Waals surface area contributed by atoms with Crippen molar-refractivity contribution >= 4 is 12.0 Å². The molecule has 52 valence electrons. The number of anilines is 1. The first kappa shape index (κ1) is 6.67. The molecule has 0 bridgehead atoms. The molecule has 0 aliphatic rings. The van der Waals surface area contributed by atoms with Crippen molar-refractivity contribution in [2.45, 2.75) is 0 Å². The standard InChI is InChI=1S/C6H8N4/c1-8-6-5(4-7)9-2-3-10-6/h2-4,7H,1H3,(H,8,10). The van der Waals surface area contributed by atoms with Crippen LogP contribution in [0.3, 0.4) is 0 Å². The second kappa shape index (κ2) is 2.91. The summed E-state index contributed by atoms with van der Waals surface area (Å²) in [6.45, 7) is 0. The van der Waals surface area contributed by atoms with Crippen LogP contribution in [0.1, 0.15) is 5.69 Å². The Morgan fingerprint density at radius 2 is 2.20 bits per heavy atom. The van der Waals surface area contributed by atoms with Gasteiger partial charge in [-0.3, -0.25) is 0 Å². The maximum Gasteiger partial charge on any atom is 0.153 e. The maximum atomic E-state index is 6.92. The zero-order valence-electron chi connectivity index (χ0n) is 5.63. The second-order valence-corrected chi connectivity index (χ2v) is 1.68. The van der Waals surface area contributed by atoms with Gasteiger partial charge >= 0.3 is 0 Å². The second-order valence-electron chi connectivity index (χ2n) is 1.68. The molecule has 4 heteroatoms. The molecule has 0 spiro atoms. The average Bonchev–Trinajstić information content (AvgIpc) is 2.04. The molecular formula is C6H8N4. The Labute approximate surface area is 58.8 Å². The highest BCUT2D eigenvalue weighted by Crippen LogP contribution is 2.02. The lowest BCUT2D eigenvalue weighted by Gasteiger charge is -1.98. The van der Waals surface area contributed by atoms with Gasteiger partial charge < -0.3 is 10.7 Å². The normalized spacial score (nSPS) is 8.90. The number of nitrogens with one attached hydrogen (secondary N) is 2. The van der Waals surface area contributed by atoms with Gasteiger partial charge in [-0.15, -0.1) is 0 Å². The van der Waals surface area contributed by atoms with Crippen LogP contribution in [0.25, 0.3) is 0 Å². The molecule has 1 aromatic heterocycles. The monoisotopic (exact) mass is 136 g/mol. The summed E-state index contributed by atoms with van der Waals surface area (Å²) >= 11 is 0. The van der Waals surface area contributed by atoms with Gasteiger partial charge in [-0.25, -0.2) is 9.97 Å². The van der Waals surface area contributed by atoms with Crippen molar-refractivity contribution in [1.29, 1.82) is 5.41 Å². The van der Waals surface area contributed by atoms with Gasteiger partial charge in [-0.05, 0) is 0 Å². The Bertz CT molecular complexity index is 233. The van der Waals surface area contributed by atoms with Gasteiger partial charge in [0, 0.05) is 25.7 Å². The van der Waals surface area contributed by atoms with Crippen LogP contribution in [-0.2, 0) is 0 Å². The van der Waals surface area contributed by atoms with E-state index in [4.69, 9.17) is 5.41 Å². The zero-order chi connectivity index (χ0) is 7.40. The SMILES string of the molecule is CNc1nccnc1C=N. The smallest absolute Gasteiger partial charge is 0.153 e. The van der Waals surface area contributed by atoms with E-state index in [0.717, 1.165) is 0 Å². The van der Waals surface area contributed by atoms with Crippen molar-refractivity contribution in [3.05, 3.63) is 18.1 Å². The minimum Gasteiger partial charge on any atom is -0.371 e. The fourth-order valence-corrected chi connectivity index (χ4v) is 0.647. The topological polar surface area (TPSA) is 61.7 Å². The van der Waals surface area contributed by atoms with Crippen LogP contribution in [0.4, 0.5) is 5.82 Å². The number of hydrogen-bond donors (Lipinski definition) is 2. The van der Waals surface area contributed by atoms with Crippen LogP contribution >= 0.6 is 0 Å². The van der Waals surface area contributed by atoms with Crippen LogP contribution in [0, 0.1) is 5.41 Å². The molecule has 0 amide bonds. The summed E-state index contributed by atoms with van der Waals surface area (Å²) in [4.78, 5) is 7.84. The average molecular weight is 136 g/mol. The minimum atomic E-state index is 0.560. The van der Waals surface area contributed by atoms with Crippen LogP contribution in [-0.4, -0.2) is 23.2 Å². The van der Waals surface area contributed by atoms with Crippen LogP contribution in [0.5, 0.6) is 0 Å². The predicted octanol–water partition coefficient (Wildman–Crippen LogP) is 0.516. The molecule has 0 aliphatic heterocycles. The van der Waals surface area contributed by atoms with Crippen molar-refractivity contribution in [1.82, 2.24) is 9.97 Å². The van der Waals surface area contributed by atoms with Crippen molar-refractivity contribution in [3.63, 3.8) is 0 Å². The molecule has 0 aliphatic carbocycles. The molecule has 10 heavy (non-hydrogen) atoms. The van der Waals surface area contributed by atoms with E-state index >= 15 is 0 Å². The van der Waals surface area contributed by atoms with E-state index in [1.165, 1.54) is 6.21 Å². The Morgan fingerprint density at radius 1 is 1.50 bits per heavy atom. The number of hydrogen-bond acceptors (Lipinski definition) is 4. The summed E-state index contributed by atoms with van der Waals surface area (Å²) in [5.41, 5.74) is 0.560. The highest BCUT2D eigenvalue weighted by atomic mass is 15.0. The third-order valence-electron chi connectivity index (χ3n) is 1.10. The lowest BCUT2D eigenvalue weighted by Crippen LogP contribution is -1.99. The molecule has 0 saturated carbocycles. The molecule has 4 nitrogen and oxygen atoms in total. The van der Waals surface area contributed by atoms with Gasteiger partial charge in [0.1, 0.15) is 5.69 Å². The summed E-state index contributed by atoms with van der Waals surface area (Å²) in [6, 6.07) is 0. The van der Waals surface area contributed by atoms with E-state index in [2.05, 4.69) is 15.3 Å². The number of aromatic nitrogens is 2. The number of nitrogens with zero attached hydrogens (tertiary/aromatic N) is 2. The first-order valence-corrected chi connectivity index (χ1v) is 2.87. The van der Waals surface area contributed by atoms with Gasteiger partial charge in [0.25, 0.3) is 0 Å². The molecule has 0 fully saturated rings. The van der Waals surface area contributed by atoms with Gasteiger partial charge in [-0.2, -0.15) is 0 Å². The maximum absolute atomic E-state index is 6.92. The first-order chi connectivity index (χ1) is 4.88. The Kier molecular flexibility index (Phi) is 1.94. The fraction of sp³-hybridized carbons (Fsp3) is 0.167. The quantitative estimate of drug-likeness (QED) is 0.582. The molecule has 0 atom stereocenters. The van der Waals surface area contributed by atoms with E-state index < -0.39 is 0 Å². The van der Waals surface area contributed by atoms with Crippen molar-refractivity contribution < 1.29 is 0 Å². The van der Waals surface area contributed by atoms with Crippen LogP contribution in [0.15, 0.2) is 12.4 Å². The predicted molar refractivity (Wildman–Crippen MR) is 39.5 cm³/mol. The molecule has 0 unspecified atom stereocenters. The third-order valence-corrected chi connectivity index (χ3v) is 1.10. The molecule has 1 aromatic rings. The minimum absolute atomic E-state index is 0.560. The fourth-order valence-electron chi connectivity index (χ4n) is 0.647. The van der Waals surface area contributed by atoms with Crippen molar-refractivity contribution in [3.8, 4) is 0 Å². The Hall–Kier alpha value is -1.45. The summed E-state index contributed by atoms with van der Waals surface area (Å²) in [6.07, 6.45) is 4.30. The summed E-state index contributed by atoms with van der Waals surface area (Å²) in [5.74, 6) is 0.637. The summed E-state index contributed by atoms with van der Waals surface area (Å²) < 4.78 is 0. The molecule has 1 rings (SSSR count). The molecule has 0 aromatic carbocycles. The van der Waals surface area contributed by atoms with E-state index in [-0.39, 0.29) is 0 Å². The van der Waals surface area contributed by atoms with Gasteiger partial charge in [0.15, 0.2) is 5.82 Å². The Morgan fingerprint density at radius 3 is 2.70 bits per heavy atom. The zero-order valence-corrected chi connectivity index (χ0v) is 5.63. The van der Waals surface area contributed by atoms with Crippen LogP contribution in [0.2, 0.25) is 0 Å². The van der Waals surface area contributed by atoms with Gasteiger partial charge in [-0.1, -0.05) is 0 Å². The summed E-state index contributed by atoms with van der Waals surface area (Å²) in [5, 5.41) is 9.74. The van der Waals surface area contributed by atoms with E-state index in [1.807, 2.05) is 0 Å². The van der Waals surface area contributed by atoms with Gasteiger partial charge in [0.05, 0.1) is 0 Å². The summed E-state index contributed by atoms with van der Waals surface area (Å²) in [7, 11) is 1.75. The molecule has 0 radical (unpaired) electrons. The van der Waals surface area contributed by atoms with Crippen LogP contribution < -0.4 is 5.32 Å².